The van der Waals surface area contributed by atoms with Crippen LogP contribution in [0.15, 0.2) is 91.0 Å². The van der Waals surface area contributed by atoms with Gasteiger partial charge in [0.05, 0.1) is 19.3 Å². The number of esters is 3. The maximum Gasteiger partial charge on any atom is 0.343 e. The van der Waals surface area contributed by atoms with Gasteiger partial charge in [-0.25, -0.2) is 14.4 Å². The second-order valence-electron chi connectivity index (χ2n) is 9.45. The maximum absolute atomic E-state index is 12.6. The van der Waals surface area contributed by atoms with E-state index in [9.17, 15) is 14.4 Å². The lowest BCUT2D eigenvalue weighted by atomic mass is 10.0. The molecule has 0 saturated carbocycles. The summed E-state index contributed by atoms with van der Waals surface area (Å²) >= 11 is 0. The minimum atomic E-state index is -0.448. The van der Waals surface area contributed by atoms with E-state index in [-0.39, 0.29) is 12.1 Å². The fourth-order valence-corrected chi connectivity index (χ4v) is 4.22. The minimum absolute atomic E-state index is 0.0345. The van der Waals surface area contributed by atoms with Gasteiger partial charge >= 0.3 is 17.9 Å². The molecule has 1 aliphatic heterocycles. The first-order valence-corrected chi connectivity index (χ1v) is 13.2. The van der Waals surface area contributed by atoms with Crippen molar-refractivity contribution in [1.29, 1.82) is 0 Å². The number of cyclic esters (lactones) is 1. The predicted octanol–water partition coefficient (Wildman–Crippen LogP) is 6.57. The third-order valence-electron chi connectivity index (χ3n) is 6.49. The van der Waals surface area contributed by atoms with Gasteiger partial charge in [-0.1, -0.05) is 43.0 Å². The molecule has 1 atom stereocenters. The molecule has 3 aromatic rings. The van der Waals surface area contributed by atoms with Crippen LogP contribution >= 0.6 is 0 Å². The van der Waals surface area contributed by atoms with Crippen molar-refractivity contribution in [2.45, 2.75) is 38.2 Å². The van der Waals surface area contributed by atoms with Gasteiger partial charge in [0.15, 0.2) is 0 Å². The predicted molar refractivity (Wildman–Crippen MR) is 152 cm³/mol. The van der Waals surface area contributed by atoms with E-state index in [0.29, 0.717) is 35.7 Å². The summed E-state index contributed by atoms with van der Waals surface area (Å²) in [6, 6.07) is 21.9. The Bertz CT molecular complexity index is 1340. The van der Waals surface area contributed by atoms with E-state index in [2.05, 4.69) is 11.3 Å². The average molecular weight is 541 g/mol. The largest absolute Gasteiger partial charge is 0.494 e. The summed E-state index contributed by atoms with van der Waals surface area (Å²) in [5.74, 6) is 0.0123. The lowest BCUT2D eigenvalue weighted by Gasteiger charge is -2.09. The summed E-state index contributed by atoms with van der Waals surface area (Å²) < 4.78 is 21.1. The summed E-state index contributed by atoms with van der Waals surface area (Å²) in [4.78, 5) is 35.2. The fourth-order valence-electron chi connectivity index (χ4n) is 4.22. The van der Waals surface area contributed by atoms with Gasteiger partial charge in [-0.2, -0.15) is 0 Å². The van der Waals surface area contributed by atoms with E-state index in [0.717, 1.165) is 42.4 Å². The molecule has 0 N–H and O–H groups in total. The van der Waals surface area contributed by atoms with Gasteiger partial charge in [0.2, 0.25) is 0 Å². The molecule has 1 saturated heterocycles. The van der Waals surface area contributed by atoms with E-state index in [1.165, 1.54) is 13.2 Å². The molecule has 0 radical (unpaired) electrons. The molecule has 0 spiro atoms. The quantitative estimate of drug-likeness (QED) is 0.111. The topological polar surface area (TPSA) is 88.1 Å². The molecule has 1 fully saturated rings. The Morgan fingerprint density at radius 1 is 0.900 bits per heavy atom. The Morgan fingerprint density at radius 3 is 2.17 bits per heavy atom. The number of hydrogen-bond acceptors (Lipinski definition) is 7. The standard InChI is InChI=1S/C33H32O7/c1-23-22-30(40-32(23)35)6-4-3-5-21-38-28-16-14-27(15-17-28)33(36)39-29-18-12-26(13-19-29)25-10-7-24(8-11-25)9-20-31(34)37-2/h7-20,30H,1,3-6,21-22H2,2H3. The lowest BCUT2D eigenvalue weighted by molar-refractivity contribution is -0.139. The summed E-state index contributed by atoms with van der Waals surface area (Å²) in [6.45, 7) is 4.28. The molecule has 0 bridgehead atoms. The molecule has 0 aromatic heterocycles. The zero-order valence-corrected chi connectivity index (χ0v) is 22.5. The van der Waals surface area contributed by atoms with Crippen molar-refractivity contribution in [1.82, 2.24) is 0 Å². The molecule has 1 aliphatic rings. The molecule has 1 heterocycles. The monoisotopic (exact) mass is 540 g/mol. The lowest BCUT2D eigenvalue weighted by Crippen LogP contribution is -2.08. The molecular formula is C33H32O7. The van der Waals surface area contributed by atoms with Crippen LogP contribution < -0.4 is 9.47 Å². The van der Waals surface area contributed by atoms with Crippen LogP contribution in [0.2, 0.25) is 0 Å². The molecule has 3 aromatic carbocycles. The zero-order chi connectivity index (χ0) is 28.3. The first-order valence-electron chi connectivity index (χ1n) is 13.2. The van der Waals surface area contributed by atoms with E-state index in [1.807, 2.05) is 36.4 Å². The van der Waals surface area contributed by atoms with Crippen molar-refractivity contribution in [3.8, 4) is 22.6 Å². The van der Waals surface area contributed by atoms with Gasteiger partial charge in [-0.15, -0.1) is 0 Å². The Kier molecular flexibility index (Phi) is 9.88. The molecule has 4 rings (SSSR count). The van der Waals surface area contributed by atoms with Crippen LogP contribution in [0.1, 0.15) is 48.0 Å². The van der Waals surface area contributed by atoms with Crippen LogP contribution in [-0.2, 0) is 19.1 Å². The third-order valence-corrected chi connectivity index (χ3v) is 6.49. The number of unbranched alkanes of at least 4 members (excludes halogenated alkanes) is 2. The molecule has 206 valence electrons. The minimum Gasteiger partial charge on any atom is -0.494 e. The first-order chi connectivity index (χ1) is 19.4. The maximum atomic E-state index is 12.6. The van der Waals surface area contributed by atoms with Crippen molar-refractivity contribution in [2.24, 2.45) is 0 Å². The van der Waals surface area contributed by atoms with Gasteiger partial charge in [-0.3, -0.25) is 0 Å². The van der Waals surface area contributed by atoms with Crippen LogP contribution in [0.5, 0.6) is 11.5 Å². The number of carbonyl (C=O) groups is 3. The fraction of sp³-hybridized carbons (Fsp3) is 0.242. The average Bonchev–Trinajstić information content (AvgIpc) is 3.30. The highest BCUT2D eigenvalue weighted by atomic mass is 16.6. The van der Waals surface area contributed by atoms with Crippen molar-refractivity contribution < 1.29 is 33.3 Å². The molecule has 0 amide bonds. The summed E-state index contributed by atoms with van der Waals surface area (Å²) in [5, 5.41) is 0. The second kappa shape index (κ2) is 13.9. The van der Waals surface area contributed by atoms with E-state index in [4.69, 9.17) is 14.2 Å². The number of hydrogen-bond donors (Lipinski definition) is 0. The number of rotatable bonds is 12. The van der Waals surface area contributed by atoms with E-state index < -0.39 is 11.9 Å². The normalized spacial score (nSPS) is 14.7. The van der Waals surface area contributed by atoms with Gasteiger partial charge < -0.3 is 18.9 Å². The third kappa shape index (κ3) is 8.17. The molecule has 1 unspecified atom stereocenters. The summed E-state index contributed by atoms with van der Waals surface area (Å²) in [7, 11) is 1.34. The Morgan fingerprint density at radius 2 is 1.55 bits per heavy atom. The van der Waals surface area contributed by atoms with Crippen molar-refractivity contribution in [3.63, 3.8) is 0 Å². The van der Waals surface area contributed by atoms with Crippen LogP contribution in [-0.4, -0.2) is 37.7 Å². The number of carbonyl (C=O) groups excluding carboxylic acids is 3. The van der Waals surface area contributed by atoms with Crippen molar-refractivity contribution in [3.05, 3.63) is 102 Å². The highest BCUT2D eigenvalue weighted by Crippen LogP contribution is 2.25. The number of benzene rings is 3. The highest BCUT2D eigenvalue weighted by molar-refractivity contribution is 5.91. The smallest absolute Gasteiger partial charge is 0.343 e. The Hall–Kier alpha value is -4.65. The van der Waals surface area contributed by atoms with Crippen LogP contribution in [0.3, 0.4) is 0 Å². The molecule has 40 heavy (non-hydrogen) atoms. The zero-order valence-electron chi connectivity index (χ0n) is 22.5. The Labute approximate surface area is 234 Å². The van der Waals surface area contributed by atoms with Crippen LogP contribution in [0.4, 0.5) is 0 Å². The van der Waals surface area contributed by atoms with Crippen LogP contribution in [0, 0.1) is 0 Å². The van der Waals surface area contributed by atoms with Crippen LogP contribution in [0.25, 0.3) is 17.2 Å². The molecule has 0 aliphatic carbocycles. The highest BCUT2D eigenvalue weighted by Gasteiger charge is 2.26. The summed E-state index contributed by atoms with van der Waals surface area (Å²) in [6.07, 6.45) is 7.32. The SMILES string of the molecule is C=C1CC(CCCCCOc2ccc(C(=O)Oc3ccc(-c4ccc(C=CC(=O)OC)cc4)cc3)cc2)OC1=O. The molecular weight excluding hydrogens is 508 g/mol. The second-order valence-corrected chi connectivity index (χ2v) is 9.45. The van der Waals surface area contributed by atoms with Crippen molar-refractivity contribution in [2.75, 3.05) is 13.7 Å². The van der Waals surface area contributed by atoms with E-state index in [1.54, 1.807) is 42.5 Å². The molecule has 7 heteroatoms. The summed E-state index contributed by atoms with van der Waals surface area (Å²) in [5.41, 5.74) is 3.84. The van der Waals surface area contributed by atoms with E-state index >= 15 is 0 Å². The van der Waals surface area contributed by atoms with Gasteiger partial charge in [0.1, 0.15) is 17.6 Å². The Balaban J connectivity index is 1.19. The van der Waals surface area contributed by atoms with Crippen molar-refractivity contribution >= 4 is 24.0 Å². The number of ether oxygens (including phenoxy) is 4. The molecule has 7 nitrogen and oxygen atoms in total. The van der Waals surface area contributed by atoms with Gasteiger partial charge in [0.25, 0.3) is 0 Å². The first kappa shape index (κ1) is 28.4. The van der Waals surface area contributed by atoms with Gasteiger partial charge in [0, 0.05) is 18.1 Å². The number of methoxy groups -OCH3 is 1. The van der Waals surface area contributed by atoms with Gasteiger partial charge in [-0.05, 0) is 84.8 Å².